The molecule has 0 aliphatic heterocycles. The average molecular weight is 195 g/mol. The molecule has 0 saturated carbocycles. The van der Waals surface area contributed by atoms with Crippen LogP contribution in [0, 0.1) is 19.8 Å². The van der Waals surface area contributed by atoms with Crippen molar-refractivity contribution in [3.8, 4) is 0 Å². The molecular weight excluding hydrogens is 178 g/mol. The summed E-state index contributed by atoms with van der Waals surface area (Å²) in [6, 6.07) is 1.91. The van der Waals surface area contributed by atoms with Gasteiger partial charge in [0.25, 0.3) is 0 Å². The van der Waals surface area contributed by atoms with Gasteiger partial charge in [0.1, 0.15) is 0 Å². The lowest BCUT2D eigenvalue weighted by molar-refractivity contribution is 0.467. The zero-order chi connectivity index (χ0) is 10.7. The topological polar surface area (TPSA) is 60.9 Å². The number of nitrogens with zero attached hydrogens (tertiary/aromatic N) is 2. The standard InChI is InChI=1S/C10H17N3O/c1-7(5-11)6-13-9(3)4-8(2)12-10(13)14/h4,7H,5-6,11H2,1-3H3. The van der Waals surface area contributed by atoms with E-state index in [9.17, 15) is 4.79 Å². The fraction of sp³-hybridized carbons (Fsp3) is 0.600. The molecule has 0 radical (unpaired) electrons. The van der Waals surface area contributed by atoms with Crippen molar-refractivity contribution >= 4 is 0 Å². The molecule has 0 aliphatic carbocycles. The third-order valence-electron chi connectivity index (χ3n) is 2.24. The van der Waals surface area contributed by atoms with Crippen molar-refractivity contribution in [3.63, 3.8) is 0 Å². The normalized spacial score (nSPS) is 12.9. The van der Waals surface area contributed by atoms with E-state index in [-0.39, 0.29) is 5.69 Å². The maximum absolute atomic E-state index is 11.5. The summed E-state index contributed by atoms with van der Waals surface area (Å²) in [5.74, 6) is 0.302. The van der Waals surface area contributed by atoms with Gasteiger partial charge in [-0.1, -0.05) is 6.92 Å². The number of nitrogens with two attached hydrogens (primary N) is 1. The minimum absolute atomic E-state index is 0.178. The van der Waals surface area contributed by atoms with Crippen molar-refractivity contribution in [1.29, 1.82) is 0 Å². The number of aromatic nitrogens is 2. The van der Waals surface area contributed by atoms with Crippen LogP contribution in [0.5, 0.6) is 0 Å². The van der Waals surface area contributed by atoms with Gasteiger partial charge in [-0.25, -0.2) is 4.79 Å². The van der Waals surface area contributed by atoms with Gasteiger partial charge in [-0.05, 0) is 32.4 Å². The summed E-state index contributed by atoms with van der Waals surface area (Å²) in [6.07, 6.45) is 0. The van der Waals surface area contributed by atoms with Crippen molar-refractivity contribution in [1.82, 2.24) is 9.55 Å². The molecule has 1 aromatic rings. The Balaban J connectivity index is 3.03. The van der Waals surface area contributed by atoms with E-state index in [1.807, 2.05) is 26.8 Å². The van der Waals surface area contributed by atoms with E-state index in [0.29, 0.717) is 19.0 Å². The molecule has 0 aromatic carbocycles. The highest BCUT2D eigenvalue weighted by Crippen LogP contribution is 2.01. The first kappa shape index (κ1) is 10.9. The summed E-state index contributed by atoms with van der Waals surface area (Å²) in [6.45, 7) is 6.99. The predicted molar refractivity (Wildman–Crippen MR) is 56.2 cm³/mol. The molecule has 4 nitrogen and oxygen atoms in total. The number of rotatable bonds is 3. The SMILES string of the molecule is Cc1cc(C)n(CC(C)CN)c(=O)n1. The van der Waals surface area contributed by atoms with Crippen LogP contribution in [0.25, 0.3) is 0 Å². The van der Waals surface area contributed by atoms with Crippen molar-refractivity contribution in [2.75, 3.05) is 6.54 Å². The lowest BCUT2D eigenvalue weighted by atomic mass is 10.2. The van der Waals surface area contributed by atoms with Crippen LogP contribution in [0.3, 0.4) is 0 Å². The highest BCUT2D eigenvalue weighted by Gasteiger charge is 2.06. The van der Waals surface area contributed by atoms with E-state index in [1.165, 1.54) is 0 Å². The molecule has 14 heavy (non-hydrogen) atoms. The van der Waals surface area contributed by atoms with Crippen LogP contribution in [0.1, 0.15) is 18.3 Å². The molecule has 0 saturated heterocycles. The van der Waals surface area contributed by atoms with Gasteiger partial charge in [0, 0.05) is 17.9 Å². The van der Waals surface area contributed by atoms with Crippen LogP contribution in [0.2, 0.25) is 0 Å². The van der Waals surface area contributed by atoms with Crippen molar-refractivity contribution in [2.45, 2.75) is 27.3 Å². The first-order valence-electron chi connectivity index (χ1n) is 4.79. The fourth-order valence-electron chi connectivity index (χ4n) is 1.38. The summed E-state index contributed by atoms with van der Waals surface area (Å²) in [4.78, 5) is 15.4. The lowest BCUT2D eigenvalue weighted by Gasteiger charge is -2.13. The van der Waals surface area contributed by atoms with E-state index in [0.717, 1.165) is 11.4 Å². The second-order valence-corrected chi connectivity index (χ2v) is 3.77. The molecule has 2 N–H and O–H groups in total. The summed E-state index contributed by atoms with van der Waals surface area (Å²) in [5.41, 5.74) is 7.05. The first-order chi connectivity index (χ1) is 6.54. The fourth-order valence-corrected chi connectivity index (χ4v) is 1.38. The molecule has 0 bridgehead atoms. The monoisotopic (exact) mass is 195 g/mol. The second kappa shape index (κ2) is 4.37. The van der Waals surface area contributed by atoms with Gasteiger partial charge >= 0.3 is 5.69 Å². The maximum atomic E-state index is 11.5. The Morgan fingerprint density at radius 1 is 1.57 bits per heavy atom. The smallest absolute Gasteiger partial charge is 0.330 e. The number of aryl methyl sites for hydroxylation is 2. The Kier molecular flexibility index (Phi) is 3.41. The molecule has 1 rings (SSSR count). The van der Waals surface area contributed by atoms with Gasteiger partial charge in [0.2, 0.25) is 0 Å². The minimum atomic E-state index is -0.178. The van der Waals surface area contributed by atoms with Crippen LogP contribution in [-0.4, -0.2) is 16.1 Å². The Bertz CT molecular complexity index is 370. The first-order valence-corrected chi connectivity index (χ1v) is 4.79. The summed E-state index contributed by atoms with van der Waals surface area (Å²) < 4.78 is 1.67. The molecule has 0 spiro atoms. The Labute approximate surface area is 83.8 Å². The van der Waals surface area contributed by atoms with E-state index >= 15 is 0 Å². The van der Waals surface area contributed by atoms with Gasteiger partial charge in [-0.2, -0.15) is 4.98 Å². The van der Waals surface area contributed by atoms with Gasteiger partial charge in [0.05, 0.1) is 0 Å². The second-order valence-electron chi connectivity index (χ2n) is 3.77. The molecule has 1 unspecified atom stereocenters. The third-order valence-corrected chi connectivity index (χ3v) is 2.24. The van der Waals surface area contributed by atoms with Crippen LogP contribution >= 0.6 is 0 Å². The zero-order valence-corrected chi connectivity index (χ0v) is 8.95. The Morgan fingerprint density at radius 2 is 2.21 bits per heavy atom. The number of hydrogen-bond acceptors (Lipinski definition) is 3. The molecule has 1 atom stereocenters. The van der Waals surface area contributed by atoms with Crippen molar-refractivity contribution in [3.05, 3.63) is 27.9 Å². The number of hydrogen-bond donors (Lipinski definition) is 1. The van der Waals surface area contributed by atoms with Crippen molar-refractivity contribution in [2.24, 2.45) is 11.7 Å². The van der Waals surface area contributed by atoms with Crippen LogP contribution in [0.4, 0.5) is 0 Å². The van der Waals surface area contributed by atoms with Gasteiger partial charge in [-0.15, -0.1) is 0 Å². The quantitative estimate of drug-likeness (QED) is 0.762. The average Bonchev–Trinajstić information content (AvgIpc) is 2.10. The van der Waals surface area contributed by atoms with Crippen LogP contribution in [-0.2, 0) is 6.54 Å². The predicted octanol–water partition coefficient (Wildman–Crippen LogP) is 0.455. The van der Waals surface area contributed by atoms with E-state index < -0.39 is 0 Å². The van der Waals surface area contributed by atoms with Crippen LogP contribution in [0.15, 0.2) is 10.9 Å². The third kappa shape index (κ3) is 2.42. The highest BCUT2D eigenvalue weighted by atomic mass is 16.1. The molecule has 0 aliphatic rings. The van der Waals surface area contributed by atoms with Gasteiger partial charge in [-0.3, -0.25) is 4.57 Å². The molecule has 78 valence electrons. The van der Waals surface area contributed by atoms with Gasteiger partial charge < -0.3 is 5.73 Å². The Hall–Kier alpha value is -1.16. The lowest BCUT2D eigenvalue weighted by Crippen LogP contribution is -2.30. The van der Waals surface area contributed by atoms with Crippen molar-refractivity contribution < 1.29 is 0 Å². The zero-order valence-electron chi connectivity index (χ0n) is 8.95. The highest BCUT2D eigenvalue weighted by molar-refractivity contribution is 5.06. The molecule has 0 fully saturated rings. The molecule has 1 aromatic heterocycles. The summed E-state index contributed by atoms with van der Waals surface area (Å²) in [7, 11) is 0. The van der Waals surface area contributed by atoms with Gasteiger partial charge in [0.15, 0.2) is 0 Å². The molecular formula is C10H17N3O. The summed E-state index contributed by atoms with van der Waals surface area (Å²) in [5, 5.41) is 0. The Morgan fingerprint density at radius 3 is 2.71 bits per heavy atom. The molecule has 4 heteroatoms. The van der Waals surface area contributed by atoms with E-state index in [2.05, 4.69) is 4.98 Å². The minimum Gasteiger partial charge on any atom is -0.330 e. The molecule has 0 amide bonds. The largest absolute Gasteiger partial charge is 0.347 e. The summed E-state index contributed by atoms with van der Waals surface area (Å²) >= 11 is 0. The molecule has 1 heterocycles. The van der Waals surface area contributed by atoms with E-state index in [1.54, 1.807) is 4.57 Å². The van der Waals surface area contributed by atoms with E-state index in [4.69, 9.17) is 5.73 Å². The maximum Gasteiger partial charge on any atom is 0.347 e. The van der Waals surface area contributed by atoms with Crippen LogP contribution < -0.4 is 11.4 Å².